The first-order valence-corrected chi connectivity index (χ1v) is 24.3. The molecule has 0 unspecified atom stereocenters. The van der Waals surface area contributed by atoms with E-state index in [9.17, 15) is 19.2 Å². The van der Waals surface area contributed by atoms with E-state index in [1.807, 2.05) is 77.7 Å². The molecule has 17 nitrogen and oxygen atoms in total. The molecule has 4 aromatic carbocycles. The molecule has 9 rings (SSSR count). The van der Waals surface area contributed by atoms with E-state index in [-0.39, 0.29) is 68.6 Å². The summed E-state index contributed by atoms with van der Waals surface area (Å²) in [6, 6.07) is 20.0. The Morgan fingerprint density at radius 3 is 1.79 bits per heavy atom. The summed E-state index contributed by atoms with van der Waals surface area (Å²) in [5.41, 5.74) is 7.62. The molecule has 4 amide bonds. The summed E-state index contributed by atoms with van der Waals surface area (Å²) < 4.78 is 36.7. The minimum Gasteiger partial charge on any atom is -0.493 e. The summed E-state index contributed by atoms with van der Waals surface area (Å²) in [5, 5.41) is 4.26. The molecule has 370 valence electrons. The van der Waals surface area contributed by atoms with Gasteiger partial charge in [0.05, 0.1) is 54.5 Å². The molecule has 0 bridgehead atoms. The quantitative estimate of drug-likeness (QED) is 0.0554. The lowest BCUT2D eigenvalue weighted by molar-refractivity contribution is -0.125. The Morgan fingerprint density at radius 2 is 1.25 bits per heavy atom. The van der Waals surface area contributed by atoms with Crippen LogP contribution in [0.15, 0.2) is 94.0 Å². The molecule has 2 atom stereocenters. The van der Waals surface area contributed by atoms with E-state index in [1.54, 1.807) is 49.5 Å². The van der Waals surface area contributed by atoms with Crippen molar-refractivity contribution in [2.45, 2.75) is 83.6 Å². The van der Waals surface area contributed by atoms with Crippen LogP contribution < -0.4 is 33.8 Å². The molecule has 2 fully saturated rings. The first-order chi connectivity index (χ1) is 34.6. The minimum atomic E-state index is -0.217. The minimum absolute atomic E-state index is 0.0261. The second-order valence-electron chi connectivity index (χ2n) is 18.0. The highest BCUT2D eigenvalue weighted by Crippen LogP contribution is 2.40. The van der Waals surface area contributed by atoms with Crippen LogP contribution in [-0.2, 0) is 22.8 Å². The topological polar surface area (TPSA) is 182 Å². The van der Waals surface area contributed by atoms with Crippen molar-refractivity contribution in [3.63, 3.8) is 0 Å². The van der Waals surface area contributed by atoms with E-state index in [0.717, 1.165) is 55.2 Å². The number of hydrogen-bond donors (Lipinski definition) is 1. The van der Waals surface area contributed by atoms with Gasteiger partial charge in [0.15, 0.2) is 23.0 Å². The number of hydrogen-bond acceptors (Lipinski definition) is 13. The fourth-order valence-corrected chi connectivity index (χ4v) is 9.36. The highest BCUT2D eigenvalue weighted by molar-refractivity contribution is 6.04. The van der Waals surface area contributed by atoms with Crippen molar-refractivity contribution in [3.8, 4) is 34.5 Å². The van der Waals surface area contributed by atoms with Gasteiger partial charge in [0.1, 0.15) is 37.9 Å². The first-order valence-electron chi connectivity index (χ1n) is 24.3. The normalized spacial score (nSPS) is 18.2. The van der Waals surface area contributed by atoms with Crippen LogP contribution in [0.3, 0.4) is 0 Å². The molecule has 5 aliphatic heterocycles. The summed E-state index contributed by atoms with van der Waals surface area (Å²) in [4.78, 5) is 66.4. The number of fused-ring (bicyclic) bond motifs is 4. The van der Waals surface area contributed by atoms with Gasteiger partial charge >= 0.3 is 0 Å². The Balaban J connectivity index is 0.868. The Hall–Kier alpha value is -7.69. The van der Waals surface area contributed by atoms with Gasteiger partial charge in [-0.2, -0.15) is 5.10 Å². The van der Waals surface area contributed by atoms with Crippen molar-refractivity contribution in [1.29, 1.82) is 0 Å². The number of benzene rings is 4. The van der Waals surface area contributed by atoms with E-state index in [4.69, 9.17) is 38.4 Å². The largest absolute Gasteiger partial charge is 0.493 e. The predicted molar refractivity (Wildman–Crippen MR) is 267 cm³/mol. The van der Waals surface area contributed by atoms with E-state index in [2.05, 4.69) is 10.5 Å². The van der Waals surface area contributed by atoms with Gasteiger partial charge < -0.3 is 43.1 Å². The van der Waals surface area contributed by atoms with Crippen LogP contribution in [0.5, 0.6) is 34.5 Å². The molecule has 1 N–H and O–H groups in total. The van der Waals surface area contributed by atoms with Crippen molar-refractivity contribution in [3.05, 3.63) is 107 Å². The smallest absolute Gasteiger partial charge is 0.256 e. The molecule has 17 heteroatoms. The van der Waals surface area contributed by atoms with Crippen molar-refractivity contribution >= 4 is 53.1 Å². The van der Waals surface area contributed by atoms with Crippen LogP contribution in [0.25, 0.3) is 0 Å². The fourth-order valence-electron chi connectivity index (χ4n) is 9.36. The van der Waals surface area contributed by atoms with Gasteiger partial charge in [-0.3, -0.25) is 29.2 Å². The molecule has 0 radical (unpaired) electrons. The number of nitrogens with zero attached hydrogens (tertiary/aromatic N) is 6. The zero-order valence-corrected chi connectivity index (χ0v) is 40.4. The zero-order valence-electron chi connectivity index (χ0n) is 40.4. The molecule has 0 aromatic heterocycles. The maximum absolute atomic E-state index is 13.6. The van der Waals surface area contributed by atoms with Gasteiger partial charge in [0, 0.05) is 63.2 Å². The number of carbonyl (C=O) groups is 4. The van der Waals surface area contributed by atoms with Crippen molar-refractivity contribution in [2.24, 2.45) is 15.1 Å². The third-order valence-corrected chi connectivity index (χ3v) is 13.2. The van der Waals surface area contributed by atoms with Crippen molar-refractivity contribution < 1.29 is 47.6 Å². The lowest BCUT2D eigenvalue weighted by atomic mass is 10.0. The van der Waals surface area contributed by atoms with Crippen LogP contribution in [0.2, 0.25) is 0 Å². The Bertz CT molecular complexity index is 2650. The average molecular weight is 966 g/mol. The Labute approximate surface area is 413 Å². The zero-order chi connectivity index (χ0) is 49.3. The molecule has 0 saturated carbocycles. The van der Waals surface area contributed by atoms with E-state index in [1.165, 1.54) is 0 Å². The number of methoxy groups -OCH3 is 2. The third-order valence-electron chi connectivity index (χ3n) is 13.2. The van der Waals surface area contributed by atoms with Gasteiger partial charge in [-0.05, 0) is 123 Å². The maximum atomic E-state index is 13.6. The Morgan fingerprint density at radius 1 is 0.690 bits per heavy atom. The molecule has 4 aromatic rings. The number of rotatable bonds is 19. The first kappa shape index (κ1) is 48.3. The van der Waals surface area contributed by atoms with Gasteiger partial charge in [-0.25, -0.2) is 5.43 Å². The third kappa shape index (κ3) is 11.5. The average Bonchev–Trinajstić information content (AvgIpc) is 3.69. The summed E-state index contributed by atoms with van der Waals surface area (Å²) in [6.45, 7) is 4.99. The maximum Gasteiger partial charge on any atom is 0.256 e. The molecule has 0 spiro atoms. The number of hydrazone groups is 1. The highest BCUT2D eigenvalue weighted by atomic mass is 16.5. The highest BCUT2D eigenvalue weighted by Gasteiger charge is 2.33. The van der Waals surface area contributed by atoms with Gasteiger partial charge in [-0.1, -0.05) is 6.08 Å². The van der Waals surface area contributed by atoms with Crippen molar-refractivity contribution in [1.82, 2.24) is 20.1 Å². The molecular formula is C54H59N7O10. The second-order valence-corrected chi connectivity index (χ2v) is 18.0. The van der Waals surface area contributed by atoms with E-state index < -0.39 is 0 Å². The van der Waals surface area contributed by atoms with E-state index >= 15 is 0 Å². The molecule has 71 heavy (non-hydrogen) atoms. The summed E-state index contributed by atoms with van der Waals surface area (Å²) in [5.74, 6) is 2.53. The van der Waals surface area contributed by atoms with Crippen LogP contribution in [0.1, 0.15) is 95.7 Å². The number of nitrogens with one attached hydrogen (secondary N) is 1. The lowest BCUT2D eigenvalue weighted by Gasteiger charge is -2.32. The standard InChI is InChI=1S/C54H59N7O10/c1-35(57-58-51(62)12-8-18-59-19-9-13-52(59)63)38-14-16-41(17-15-38)68-22-23-69-42-25-36(33-70-49-29-45-43(27-47(49)66-2)53(64)60-20-6-4-10-39(60)31-55-45)24-37(26-42)34-71-50-30-46-44(28-48(50)67-3)54(65)61-21-7-5-11-40(61)32-56-46/h9,13-17,24-32,39-40H,4-8,10-12,18-23,33-34H2,1-3H3,(H,58,62)/b57-35+/t39-,40-/m0/s1. The van der Waals surface area contributed by atoms with Gasteiger partial charge in [0.2, 0.25) is 11.8 Å². The molecule has 5 aliphatic rings. The summed E-state index contributed by atoms with van der Waals surface area (Å²) in [6.07, 6.45) is 13.7. The summed E-state index contributed by atoms with van der Waals surface area (Å²) in [7, 11) is 3.10. The number of amides is 4. The molecule has 0 aliphatic carbocycles. The predicted octanol–water partition coefficient (Wildman–Crippen LogP) is 7.76. The molecular weight excluding hydrogens is 907 g/mol. The molecule has 2 saturated heterocycles. The van der Waals surface area contributed by atoms with Crippen LogP contribution in [0, 0.1) is 0 Å². The Kier molecular flexibility index (Phi) is 15.2. The number of aliphatic imine (C=N–C) groups is 2. The second kappa shape index (κ2) is 22.4. The monoisotopic (exact) mass is 965 g/mol. The number of carbonyl (C=O) groups excluding carboxylic acids is 4. The SMILES string of the molecule is COc1cc2c(cc1OCc1cc(COc3cc4c(cc3OC)C(=O)N3CCCC[C@H]3C=N4)cc(OCCOc3ccc(/C(C)=N/NC(=O)CCCN4CC=CC4=O)cc3)c1)N=C[C@@H]1CCCCN1C2=O. The van der Waals surface area contributed by atoms with Gasteiger partial charge in [-0.15, -0.1) is 0 Å². The van der Waals surface area contributed by atoms with Crippen LogP contribution in [0.4, 0.5) is 11.4 Å². The van der Waals surface area contributed by atoms with E-state index in [0.29, 0.717) is 95.3 Å². The summed E-state index contributed by atoms with van der Waals surface area (Å²) >= 11 is 0. The lowest BCUT2D eigenvalue weighted by Crippen LogP contribution is -2.43. The van der Waals surface area contributed by atoms with Crippen LogP contribution >= 0.6 is 0 Å². The van der Waals surface area contributed by atoms with Crippen molar-refractivity contribution in [2.75, 3.05) is 53.6 Å². The van der Waals surface area contributed by atoms with Crippen LogP contribution in [-0.4, -0.2) is 122 Å². The number of ether oxygens (including phenoxy) is 6. The number of piperidine rings is 2. The molecule has 5 heterocycles. The van der Waals surface area contributed by atoms with Gasteiger partial charge in [0.25, 0.3) is 11.8 Å². The fraction of sp³-hybridized carbons (Fsp3) is 0.389.